The van der Waals surface area contributed by atoms with Crippen LogP contribution in [-0.4, -0.2) is 35.6 Å². The van der Waals surface area contributed by atoms with Crippen molar-refractivity contribution in [1.82, 2.24) is 15.6 Å². The Morgan fingerprint density at radius 2 is 2.13 bits per heavy atom. The molecule has 2 aliphatic rings. The Bertz CT molecular complexity index is 563. The van der Waals surface area contributed by atoms with Gasteiger partial charge in [-0.25, -0.2) is 4.79 Å². The highest BCUT2D eigenvalue weighted by atomic mass is 16.2. The van der Waals surface area contributed by atoms with Crippen molar-refractivity contribution in [1.29, 1.82) is 0 Å². The van der Waals surface area contributed by atoms with Gasteiger partial charge < -0.3 is 15.5 Å². The van der Waals surface area contributed by atoms with Gasteiger partial charge in [0.2, 0.25) is 5.91 Å². The number of anilines is 1. The average molecular weight is 316 g/mol. The molecule has 1 saturated heterocycles. The van der Waals surface area contributed by atoms with Gasteiger partial charge >= 0.3 is 6.03 Å². The van der Waals surface area contributed by atoms with Crippen LogP contribution < -0.4 is 15.5 Å². The van der Waals surface area contributed by atoms with Gasteiger partial charge in [-0.2, -0.15) is 0 Å². The van der Waals surface area contributed by atoms with Gasteiger partial charge in [0, 0.05) is 18.8 Å². The lowest BCUT2D eigenvalue weighted by atomic mass is 10.0. The second kappa shape index (κ2) is 6.98. The number of nitrogens with one attached hydrogen (secondary N) is 2. The van der Waals surface area contributed by atoms with E-state index in [0.29, 0.717) is 18.9 Å². The molecular formula is C17H24N4O2. The number of amides is 3. The first-order valence-electron chi connectivity index (χ1n) is 8.43. The molecule has 3 rings (SSSR count). The number of pyridine rings is 1. The lowest BCUT2D eigenvalue weighted by Crippen LogP contribution is -2.55. The maximum Gasteiger partial charge on any atom is 0.315 e. The molecule has 0 spiro atoms. The zero-order valence-electron chi connectivity index (χ0n) is 13.5. The molecule has 6 nitrogen and oxygen atoms in total. The van der Waals surface area contributed by atoms with Gasteiger partial charge in [-0.05, 0) is 43.7 Å². The predicted octanol–water partition coefficient (Wildman–Crippen LogP) is 2.06. The normalized spacial score (nSPS) is 27.8. The third-order valence-electron chi connectivity index (χ3n) is 4.88. The van der Waals surface area contributed by atoms with E-state index < -0.39 is 6.04 Å². The molecule has 0 aromatic carbocycles. The molecule has 23 heavy (non-hydrogen) atoms. The molecule has 1 saturated carbocycles. The van der Waals surface area contributed by atoms with Gasteiger partial charge in [-0.15, -0.1) is 0 Å². The third kappa shape index (κ3) is 3.63. The van der Waals surface area contributed by atoms with Crippen LogP contribution in [0.5, 0.6) is 0 Å². The Morgan fingerprint density at radius 1 is 1.26 bits per heavy atom. The molecule has 0 unspecified atom stereocenters. The van der Waals surface area contributed by atoms with Gasteiger partial charge in [0.05, 0.1) is 11.9 Å². The Morgan fingerprint density at radius 3 is 2.83 bits per heavy atom. The Labute approximate surface area is 136 Å². The van der Waals surface area contributed by atoms with Crippen molar-refractivity contribution in [2.45, 2.75) is 51.1 Å². The summed E-state index contributed by atoms with van der Waals surface area (Å²) < 4.78 is 0. The number of carbonyl (C=O) groups excluding carboxylic acids is 2. The smallest absolute Gasteiger partial charge is 0.315 e. The number of rotatable bonds is 3. The number of carbonyl (C=O) groups is 2. The summed E-state index contributed by atoms with van der Waals surface area (Å²) in [6.07, 6.45) is 8.25. The molecule has 124 valence electrons. The minimum Gasteiger partial charge on any atom is -0.335 e. The summed E-state index contributed by atoms with van der Waals surface area (Å²) in [4.78, 5) is 30.6. The van der Waals surface area contributed by atoms with Crippen LogP contribution in [0.1, 0.15) is 39.0 Å². The van der Waals surface area contributed by atoms with E-state index in [4.69, 9.17) is 0 Å². The Balaban J connectivity index is 1.59. The fourth-order valence-corrected chi connectivity index (χ4v) is 3.51. The van der Waals surface area contributed by atoms with Gasteiger partial charge in [0.15, 0.2) is 0 Å². The summed E-state index contributed by atoms with van der Waals surface area (Å²) in [5.74, 6) is 0.452. The lowest BCUT2D eigenvalue weighted by Gasteiger charge is -2.32. The quantitative estimate of drug-likeness (QED) is 0.896. The molecular weight excluding hydrogens is 292 g/mol. The molecule has 1 aromatic rings. The first kappa shape index (κ1) is 15.8. The SMILES string of the molecule is C[C@H]1CCC[C@H]1NC(=O)N[C@@H]1CCCN(c2cccnc2)C1=O. The van der Waals surface area contributed by atoms with Gasteiger partial charge in [-0.1, -0.05) is 13.3 Å². The van der Waals surface area contributed by atoms with Crippen LogP contribution in [-0.2, 0) is 4.79 Å². The highest BCUT2D eigenvalue weighted by molar-refractivity contribution is 5.99. The topological polar surface area (TPSA) is 74.3 Å². The van der Waals surface area contributed by atoms with Gasteiger partial charge in [0.1, 0.15) is 6.04 Å². The summed E-state index contributed by atoms with van der Waals surface area (Å²) >= 11 is 0. The van der Waals surface area contributed by atoms with Crippen LogP contribution >= 0.6 is 0 Å². The molecule has 6 heteroatoms. The van der Waals surface area contributed by atoms with E-state index in [-0.39, 0.29) is 18.0 Å². The minimum absolute atomic E-state index is 0.0566. The van der Waals surface area contributed by atoms with Crippen molar-refractivity contribution in [2.75, 3.05) is 11.4 Å². The van der Waals surface area contributed by atoms with E-state index in [1.165, 1.54) is 0 Å². The number of nitrogens with zero attached hydrogens (tertiary/aromatic N) is 2. The molecule has 3 amide bonds. The maximum absolute atomic E-state index is 12.6. The van der Waals surface area contributed by atoms with Crippen LogP contribution in [0.4, 0.5) is 10.5 Å². The molecule has 2 fully saturated rings. The van der Waals surface area contributed by atoms with E-state index in [1.54, 1.807) is 17.3 Å². The molecule has 1 aliphatic carbocycles. The summed E-state index contributed by atoms with van der Waals surface area (Å²) in [5, 5.41) is 5.87. The zero-order valence-corrected chi connectivity index (χ0v) is 13.5. The van der Waals surface area contributed by atoms with E-state index >= 15 is 0 Å². The Hall–Kier alpha value is -2.11. The van der Waals surface area contributed by atoms with Gasteiger partial charge in [0.25, 0.3) is 0 Å². The number of hydrogen-bond donors (Lipinski definition) is 2. The van der Waals surface area contributed by atoms with E-state index in [0.717, 1.165) is 31.4 Å². The van der Waals surface area contributed by atoms with Crippen LogP contribution in [0, 0.1) is 5.92 Å². The second-order valence-corrected chi connectivity index (χ2v) is 6.53. The van der Waals surface area contributed by atoms with Crippen molar-refractivity contribution in [2.24, 2.45) is 5.92 Å². The summed E-state index contributed by atoms with van der Waals surface area (Å²) in [6.45, 7) is 2.83. The summed E-state index contributed by atoms with van der Waals surface area (Å²) in [5.41, 5.74) is 0.786. The van der Waals surface area contributed by atoms with Crippen molar-refractivity contribution < 1.29 is 9.59 Å². The largest absolute Gasteiger partial charge is 0.335 e. The number of aromatic nitrogens is 1. The lowest BCUT2D eigenvalue weighted by molar-refractivity contribution is -0.121. The molecule has 3 atom stereocenters. The molecule has 1 aromatic heterocycles. The monoisotopic (exact) mass is 316 g/mol. The first-order chi connectivity index (χ1) is 11.1. The Kier molecular flexibility index (Phi) is 4.79. The highest BCUT2D eigenvalue weighted by Crippen LogP contribution is 2.25. The molecule has 1 aliphatic heterocycles. The van der Waals surface area contributed by atoms with Crippen LogP contribution in [0.15, 0.2) is 24.5 Å². The first-order valence-corrected chi connectivity index (χ1v) is 8.43. The number of hydrogen-bond acceptors (Lipinski definition) is 3. The van der Waals surface area contributed by atoms with Crippen molar-refractivity contribution in [3.63, 3.8) is 0 Å². The van der Waals surface area contributed by atoms with Crippen LogP contribution in [0.2, 0.25) is 0 Å². The highest BCUT2D eigenvalue weighted by Gasteiger charge is 2.32. The predicted molar refractivity (Wildman–Crippen MR) is 88.1 cm³/mol. The summed E-state index contributed by atoms with van der Waals surface area (Å²) in [6, 6.07) is 3.22. The van der Waals surface area contributed by atoms with Crippen LogP contribution in [0.25, 0.3) is 0 Å². The van der Waals surface area contributed by atoms with E-state index in [9.17, 15) is 9.59 Å². The third-order valence-corrected chi connectivity index (χ3v) is 4.88. The molecule has 2 N–H and O–H groups in total. The van der Waals surface area contributed by atoms with Crippen molar-refractivity contribution >= 4 is 17.6 Å². The second-order valence-electron chi connectivity index (χ2n) is 6.53. The molecule has 0 radical (unpaired) electrons. The average Bonchev–Trinajstić information content (AvgIpc) is 2.95. The van der Waals surface area contributed by atoms with Crippen LogP contribution in [0.3, 0.4) is 0 Å². The van der Waals surface area contributed by atoms with Crippen molar-refractivity contribution in [3.8, 4) is 0 Å². The maximum atomic E-state index is 12.6. The minimum atomic E-state index is -0.458. The summed E-state index contributed by atoms with van der Waals surface area (Å²) in [7, 11) is 0. The van der Waals surface area contributed by atoms with Crippen molar-refractivity contribution in [3.05, 3.63) is 24.5 Å². The number of piperidine rings is 1. The zero-order chi connectivity index (χ0) is 16.2. The van der Waals surface area contributed by atoms with E-state index in [2.05, 4.69) is 22.5 Å². The molecule has 2 heterocycles. The number of urea groups is 1. The van der Waals surface area contributed by atoms with Gasteiger partial charge in [-0.3, -0.25) is 9.78 Å². The fraction of sp³-hybridized carbons (Fsp3) is 0.588. The standard InChI is InChI=1S/C17H24N4O2/c1-12-5-2-7-14(12)19-17(23)20-15-8-4-10-21(16(15)22)13-6-3-9-18-11-13/h3,6,9,11-12,14-15H,2,4-5,7-8,10H2,1H3,(H2,19,20,23)/t12-,14+,15+/m0/s1. The fourth-order valence-electron chi connectivity index (χ4n) is 3.51. The molecule has 0 bridgehead atoms. The van der Waals surface area contributed by atoms with E-state index in [1.807, 2.05) is 12.1 Å².